The van der Waals surface area contributed by atoms with Crippen LogP contribution in [0.4, 0.5) is 0 Å². The lowest BCUT2D eigenvalue weighted by Gasteiger charge is -2.33. The molecule has 1 atom stereocenters. The van der Waals surface area contributed by atoms with Crippen molar-refractivity contribution < 1.29 is 52.5 Å². The smallest absolute Gasteiger partial charge is 0.302 e. The second-order valence-corrected chi connectivity index (χ2v) is 10.9. The molecule has 15 heteroatoms. The Morgan fingerprint density at radius 2 is 1.43 bits per heavy atom. The minimum atomic E-state index is -1.27. The number of Topliss-reactive ketones (excluding diaryl/α,β-unsaturated/α-hetero) is 2. The second-order valence-electron chi connectivity index (χ2n) is 9.89. The molecule has 14 nitrogen and oxygen atoms in total. The van der Waals surface area contributed by atoms with Gasteiger partial charge in [0, 0.05) is 52.1 Å². The largest absolute Gasteiger partial charge is 0.463 e. The number of carbonyl (C=O) groups excluding carboxylic acids is 7. The number of hydrogen-bond acceptors (Lipinski definition) is 12. The summed E-state index contributed by atoms with van der Waals surface area (Å²) < 4.78 is 21.8. The summed E-state index contributed by atoms with van der Waals surface area (Å²) in [7, 11) is 0. The standard InChI is InChI=1S/C27H43N3O11S/c1-19(31)6-11-39-16-27(18-41-21(3)33,17-40-12-7-20(2)32)29-24(35)8-13-38-14-9-28-23(34)5-10-30-25(36)15-22(42-4)26(30)37/h22H,5-18H2,1-4H3,(H,28,34)(H,29,35). The predicted molar refractivity (Wildman–Crippen MR) is 151 cm³/mol. The summed E-state index contributed by atoms with van der Waals surface area (Å²) in [5.41, 5.74) is -1.27. The Bertz CT molecular complexity index is 938. The van der Waals surface area contributed by atoms with Crippen molar-refractivity contribution in [1.29, 1.82) is 0 Å². The van der Waals surface area contributed by atoms with Gasteiger partial charge in [-0.2, -0.15) is 11.8 Å². The molecule has 1 fully saturated rings. The number of esters is 1. The minimum absolute atomic E-state index is 0.0195. The van der Waals surface area contributed by atoms with Crippen LogP contribution in [0.15, 0.2) is 0 Å². The number of rotatable bonds is 23. The average molecular weight is 618 g/mol. The van der Waals surface area contributed by atoms with Crippen LogP contribution in [0.25, 0.3) is 0 Å². The van der Waals surface area contributed by atoms with Crippen LogP contribution < -0.4 is 10.6 Å². The third-order valence-corrected chi connectivity index (χ3v) is 6.94. The molecule has 0 aromatic heterocycles. The highest BCUT2D eigenvalue weighted by Crippen LogP contribution is 2.23. The van der Waals surface area contributed by atoms with E-state index >= 15 is 0 Å². The van der Waals surface area contributed by atoms with E-state index in [1.165, 1.54) is 32.5 Å². The molecule has 0 bridgehead atoms. The molecule has 0 saturated carbocycles. The van der Waals surface area contributed by atoms with Crippen LogP contribution in [0.3, 0.4) is 0 Å². The molecule has 1 rings (SSSR count). The number of thioether (sulfide) groups is 1. The summed E-state index contributed by atoms with van der Waals surface area (Å²) >= 11 is 1.31. The molecular formula is C27H43N3O11S. The zero-order valence-corrected chi connectivity index (χ0v) is 25.6. The number of imide groups is 1. The second kappa shape index (κ2) is 20.1. The van der Waals surface area contributed by atoms with E-state index in [0.29, 0.717) is 0 Å². The SMILES string of the molecule is CSC1CC(=O)N(CCC(=O)NCCOCCC(=O)NC(COCCC(C)=O)(COCCC(C)=O)COC(C)=O)C1=O. The van der Waals surface area contributed by atoms with Gasteiger partial charge in [-0.3, -0.25) is 38.5 Å². The summed E-state index contributed by atoms with van der Waals surface area (Å²) in [6.45, 7) is 4.11. The normalized spacial score (nSPS) is 15.0. The van der Waals surface area contributed by atoms with Gasteiger partial charge >= 0.3 is 5.97 Å². The number of nitrogens with one attached hydrogen (secondary N) is 2. The Morgan fingerprint density at radius 3 is 1.95 bits per heavy atom. The van der Waals surface area contributed by atoms with E-state index in [-0.39, 0.29) is 121 Å². The zero-order valence-electron chi connectivity index (χ0n) is 24.8. The number of nitrogens with zero attached hydrogens (tertiary/aromatic N) is 1. The maximum absolute atomic E-state index is 12.8. The highest BCUT2D eigenvalue weighted by atomic mass is 32.2. The monoisotopic (exact) mass is 617 g/mol. The van der Waals surface area contributed by atoms with E-state index in [1.807, 2.05) is 0 Å². The van der Waals surface area contributed by atoms with Crippen molar-refractivity contribution in [2.45, 2.75) is 63.7 Å². The molecule has 0 radical (unpaired) electrons. The third kappa shape index (κ3) is 15.4. The van der Waals surface area contributed by atoms with E-state index in [0.717, 1.165) is 4.90 Å². The fourth-order valence-corrected chi connectivity index (χ4v) is 4.34. The van der Waals surface area contributed by atoms with Crippen LogP contribution in [-0.2, 0) is 52.5 Å². The zero-order chi connectivity index (χ0) is 31.5. The highest BCUT2D eigenvalue weighted by Gasteiger charge is 2.38. The summed E-state index contributed by atoms with van der Waals surface area (Å²) in [5, 5.41) is 5.03. The molecule has 1 aliphatic heterocycles. The molecule has 238 valence electrons. The maximum atomic E-state index is 12.8. The predicted octanol–water partition coefficient (Wildman–Crippen LogP) is -0.201. The van der Waals surface area contributed by atoms with Gasteiger partial charge in [-0.1, -0.05) is 0 Å². The summed E-state index contributed by atoms with van der Waals surface area (Å²) in [6, 6.07) is 0. The maximum Gasteiger partial charge on any atom is 0.302 e. The Morgan fingerprint density at radius 1 is 0.833 bits per heavy atom. The van der Waals surface area contributed by atoms with Gasteiger partial charge in [0.15, 0.2) is 0 Å². The quantitative estimate of drug-likeness (QED) is 0.0876. The molecule has 0 spiro atoms. The third-order valence-electron chi connectivity index (χ3n) is 6.00. The van der Waals surface area contributed by atoms with E-state index in [9.17, 15) is 33.6 Å². The van der Waals surface area contributed by atoms with Crippen molar-refractivity contribution in [3.05, 3.63) is 0 Å². The van der Waals surface area contributed by atoms with E-state index < -0.39 is 22.7 Å². The first-order chi connectivity index (χ1) is 19.9. The van der Waals surface area contributed by atoms with Crippen LogP contribution in [0, 0.1) is 0 Å². The van der Waals surface area contributed by atoms with Crippen LogP contribution in [0.1, 0.15) is 52.9 Å². The van der Waals surface area contributed by atoms with E-state index in [2.05, 4.69) is 10.6 Å². The summed E-state index contributed by atoms with van der Waals surface area (Å²) in [4.78, 5) is 84.0. The first kappa shape index (κ1) is 37.1. The highest BCUT2D eigenvalue weighted by molar-refractivity contribution is 8.00. The number of ether oxygens (including phenoxy) is 4. The fourth-order valence-electron chi connectivity index (χ4n) is 3.70. The Labute approximate surface area is 250 Å². The number of ketones is 2. The molecular weight excluding hydrogens is 574 g/mol. The van der Waals surface area contributed by atoms with Crippen LogP contribution in [-0.4, -0.2) is 122 Å². The molecule has 0 aromatic carbocycles. The van der Waals surface area contributed by atoms with Crippen molar-refractivity contribution >= 4 is 52.9 Å². The first-order valence-electron chi connectivity index (χ1n) is 13.7. The molecule has 1 aliphatic rings. The van der Waals surface area contributed by atoms with Crippen LogP contribution in [0.2, 0.25) is 0 Å². The molecule has 1 saturated heterocycles. The van der Waals surface area contributed by atoms with Crippen molar-refractivity contribution in [2.24, 2.45) is 0 Å². The van der Waals surface area contributed by atoms with Gasteiger partial charge in [-0.25, -0.2) is 0 Å². The Kier molecular flexibility index (Phi) is 17.8. The molecule has 0 aromatic rings. The minimum Gasteiger partial charge on any atom is -0.463 e. The number of likely N-dealkylation sites (tertiary alicyclic amines) is 1. The Hall–Kier alpha value is -2.88. The van der Waals surface area contributed by atoms with Crippen LogP contribution >= 0.6 is 11.8 Å². The van der Waals surface area contributed by atoms with Crippen LogP contribution in [0.5, 0.6) is 0 Å². The first-order valence-corrected chi connectivity index (χ1v) is 15.0. The van der Waals surface area contributed by atoms with Gasteiger partial charge in [0.2, 0.25) is 23.6 Å². The van der Waals surface area contributed by atoms with Crippen molar-refractivity contribution in [1.82, 2.24) is 15.5 Å². The van der Waals surface area contributed by atoms with Gasteiger partial charge in [-0.05, 0) is 20.1 Å². The number of carbonyl (C=O) groups is 7. The van der Waals surface area contributed by atoms with E-state index in [1.54, 1.807) is 6.26 Å². The Balaban J connectivity index is 2.50. The van der Waals surface area contributed by atoms with Gasteiger partial charge in [0.25, 0.3) is 0 Å². The van der Waals surface area contributed by atoms with Crippen molar-refractivity contribution in [2.75, 3.05) is 65.6 Å². The molecule has 2 N–H and O–H groups in total. The van der Waals surface area contributed by atoms with Gasteiger partial charge in [0.05, 0.1) is 44.9 Å². The van der Waals surface area contributed by atoms with Gasteiger partial charge in [-0.15, -0.1) is 0 Å². The molecule has 1 unspecified atom stereocenters. The lowest BCUT2D eigenvalue weighted by atomic mass is 10.0. The summed E-state index contributed by atoms with van der Waals surface area (Å²) in [5.74, 6) is -2.06. The molecule has 1 heterocycles. The molecule has 4 amide bonds. The van der Waals surface area contributed by atoms with Gasteiger partial charge in [0.1, 0.15) is 23.7 Å². The van der Waals surface area contributed by atoms with Crippen molar-refractivity contribution in [3.8, 4) is 0 Å². The average Bonchev–Trinajstić information content (AvgIpc) is 3.20. The molecule has 0 aliphatic carbocycles. The van der Waals surface area contributed by atoms with E-state index in [4.69, 9.17) is 18.9 Å². The summed E-state index contributed by atoms with van der Waals surface area (Å²) in [6.07, 6.45) is 2.16. The lowest BCUT2D eigenvalue weighted by Crippen LogP contribution is -2.59. The fraction of sp³-hybridized carbons (Fsp3) is 0.741. The van der Waals surface area contributed by atoms with Crippen molar-refractivity contribution in [3.63, 3.8) is 0 Å². The molecule has 42 heavy (non-hydrogen) atoms. The van der Waals surface area contributed by atoms with Gasteiger partial charge < -0.3 is 29.6 Å². The number of amides is 4. The topological polar surface area (TPSA) is 184 Å². The number of hydrogen-bond donors (Lipinski definition) is 2. The lowest BCUT2D eigenvalue weighted by molar-refractivity contribution is -0.148.